The van der Waals surface area contributed by atoms with E-state index in [4.69, 9.17) is 4.74 Å². The first-order chi connectivity index (χ1) is 10.6. The van der Waals surface area contributed by atoms with Gasteiger partial charge < -0.3 is 15.4 Å². The van der Waals surface area contributed by atoms with Gasteiger partial charge in [0.25, 0.3) is 0 Å². The van der Waals surface area contributed by atoms with Crippen LogP contribution >= 0.6 is 11.3 Å². The molecule has 0 saturated carbocycles. The third kappa shape index (κ3) is 3.17. The van der Waals surface area contributed by atoms with Crippen molar-refractivity contribution >= 4 is 39.0 Å². The van der Waals surface area contributed by atoms with Crippen LogP contribution in [-0.4, -0.2) is 18.1 Å². The molecule has 1 aromatic heterocycles. The zero-order chi connectivity index (χ0) is 15.5. The van der Waals surface area contributed by atoms with Gasteiger partial charge in [0.1, 0.15) is 5.75 Å². The van der Waals surface area contributed by atoms with Crippen molar-refractivity contribution in [3.05, 3.63) is 47.5 Å². The molecule has 0 saturated heterocycles. The summed E-state index contributed by atoms with van der Waals surface area (Å²) in [5.41, 5.74) is 2.35. The van der Waals surface area contributed by atoms with Gasteiger partial charge in [-0.25, -0.2) is 9.78 Å². The molecule has 3 aromatic rings. The first kappa shape index (κ1) is 14.3. The number of urea groups is 1. The van der Waals surface area contributed by atoms with E-state index in [2.05, 4.69) is 15.6 Å². The van der Waals surface area contributed by atoms with Crippen LogP contribution in [0.1, 0.15) is 5.01 Å². The number of carbonyl (C=O) groups excluding carboxylic acids is 1. The summed E-state index contributed by atoms with van der Waals surface area (Å²) in [4.78, 5) is 16.4. The molecular formula is C16H15N3O2S. The van der Waals surface area contributed by atoms with Gasteiger partial charge in [-0.1, -0.05) is 6.07 Å². The number of ether oxygens (including phenoxy) is 1. The molecule has 22 heavy (non-hydrogen) atoms. The van der Waals surface area contributed by atoms with Gasteiger partial charge in [0.2, 0.25) is 0 Å². The average molecular weight is 313 g/mol. The Morgan fingerprint density at radius 2 is 1.91 bits per heavy atom. The van der Waals surface area contributed by atoms with Gasteiger partial charge >= 0.3 is 6.03 Å². The van der Waals surface area contributed by atoms with Gasteiger partial charge in [-0.15, -0.1) is 11.3 Å². The van der Waals surface area contributed by atoms with Gasteiger partial charge in [0.15, 0.2) is 0 Å². The number of hydrogen-bond donors (Lipinski definition) is 2. The van der Waals surface area contributed by atoms with Crippen LogP contribution in [0.3, 0.4) is 0 Å². The smallest absolute Gasteiger partial charge is 0.323 e. The number of thiazole rings is 1. The Morgan fingerprint density at radius 1 is 1.14 bits per heavy atom. The van der Waals surface area contributed by atoms with Crippen molar-refractivity contribution in [2.75, 3.05) is 17.7 Å². The topological polar surface area (TPSA) is 63.2 Å². The Kier molecular flexibility index (Phi) is 3.93. The second kappa shape index (κ2) is 6.03. The van der Waals surface area contributed by atoms with Crippen molar-refractivity contribution in [3.63, 3.8) is 0 Å². The molecule has 0 fully saturated rings. The van der Waals surface area contributed by atoms with Crippen LogP contribution in [0, 0.1) is 6.92 Å². The Bertz CT molecular complexity index is 829. The van der Waals surface area contributed by atoms with Crippen molar-refractivity contribution in [2.45, 2.75) is 6.92 Å². The van der Waals surface area contributed by atoms with Crippen molar-refractivity contribution in [1.29, 1.82) is 0 Å². The zero-order valence-electron chi connectivity index (χ0n) is 12.2. The molecule has 6 heteroatoms. The molecule has 0 unspecified atom stereocenters. The van der Waals surface area contributed by atoms with Crippen molar-refractivity contribution in [3.8, 4) is 5.75 Å². The summed E-state index contributed by atoms with van der Waals surface area (Å²) in [7, 11) is 1.59. The molecule has 0 bridgehead atoms. The highest BCUT2D eigenvalue weighted by atomic mass is 32.1. The lowest BCUT2D eigenvalue weighted by molar-refractivity contribution is 0.262. The predicted octanol–water partition coefficient (Wildman–Crippen LogP) is 4.26. The van der Waals surface area contributed by atoms with Crippen LogP contribution in [0.5, 0.6) is 5.75 Å². The van der Waals surface area contributed by atoms with Crippen LogP contribution < -0.4 is 15.4 Å². The Labute approximate surface area is 131 Å². The molecule has 112 valence electrons. The minimum atomic E-state index is -0.297. The number of aryl methyl sites for hydroxylation is 1. The monoisotopic (exact) mass is 313 g/mol. The SMILES string of the molecule is COc1cccc(NC(=O)Nc2ccc3nc(C)sc3c2)c1. The van der Waals surface area contributed by atoms with E-state index in [0.717, 1.165) is 20.9 Å². The molecule has 5 nitrogen and oxygen atoms in total. The second-order valence-corrected chi connectivity index (χ2v) is 5.96. The molecule has 0 aliphatic rings. The quantitative estimate of drug-likeness (QED) is 0.759. The molecule has 2 N–H and O–H groups in total. The Hall–Kier alpha value is -2.60. The molecule has 0 radical (unpaired) electrons. The number of nitrogens with zero attached hydrogens (tertiary/aromatic N) is 1. The Morgan fingerprint density at radius 3 is 2.68 bits per heavy atom. The van der Waals surface area contributed by atoms with Crippen molar-refractivity contribution in [2.24, 2.45) is 0 Å². The number of methoxy groups -OCH3 is 1. The molecule has 3 rings (SSSR count). The van der Waals surface area contributed by atoms with E-state index in [1.807, 2.05) is 37.3 Å². The van der Waals surface area contributed by atoms with Gasteiger partial charge in [-0.3, -0.25) is 0 Å². The maximum absolute atomic E-state index is 12.0. The first-order valence-corrected chi connectivity index (χ1v) is 7.55. The summed E-state index contributed by atoms with van der Waals surface area (Å²) < 4.78 is 6.18. The summed E-state index contributed by atoms with van der Waals surface area (Å²) >= 11 is 1.60. The van der Waals surface area contributed by atoms with Gasteiger partial charge in [0.05, 0.1) is 22.3 Å². The number of fused-ring (bicyclic) bond motifs is 1. The lowest BCUT2D eigenvalue weighted by Crippen LogP contribution is -2.19. The summed E-state index contributed by atoms with van der Waals surface area (Å²) in [6.45, 7) is 1.97. The normalized spacial score (nSPS) is 10.5. The lowest BCUT2D eigenvalue weighted by Gasteiger charge is -2.08. The van der Waals surface area contributed by atoms with Crippen LogP contribution in [0.25, 0.3) is 10.2 Å². The highest BCUT2D eigenvalue weighted by Gasteiger charge is 2.06. The molecule has 0 aliphatic heterocycles. The summed E-state index contributed by atoms with van der Waals surface area (Å²) in [6.07, 6.45) is 0. The van der Waals surface area contributed by atoms with E-state index in [0.29, 0.717) is 11.4 Å². The second-order valence-electron chi connectivity index (χ2n) is 4.73. The van der Waals surface area contributed by atoms with E-state index >= 15 is 0 Å². The first-order valence-electron chi connectivity index (χ1n) is 6.73. The third-order valence-electron chi connectivity index (χ3n) is 3.08. The highest BCUT2D eigenvalue weighted by molar-refractivity contribution is 7.18. The minimum absolute atomic E-state index is 0.297. The zero-order valence-corrected chi connectivity index (χ0v) is 13.0. The number of rotatable bonds is 3. The average Bonchev–Trinajstić information content (AvgIpc) is 2.86. The molecule has 0 atom stereocenters. The van der Waals surface area contributed by atoms with E-state index in [1.54, 1.807) is 30.6 Å². The number of aromatic nitrogens is 1. The van der Waals surface area contributed by atoms with Crippen LogP contribution in [-0.2, 0) is 0 Å². The van der Waals surface area contributed by atoms with Crippen molar-refractivity contribution in [1.82, 2.24) is 4.98 Å². The molecule has 2 amide bonds. The van der Waals surface area contributed by atoms with E-state index < -0.39 is 0 Å². The highest BCUT2D eigenvalue weighted by Crippen LogP contribution is 2.25. The van der Waals surface area contributed by atoms with Gasteiger partial charge in [-0.05, 0) is 37.3 Å². The predicted molar refractivity (Wildman–Crippen MR) is 90.0 cm³/mol. The number of amides is 2. The number of carbonyl (C=O) groups is 1. The maximum atomic E-state index is 12.0. The standard InChI is InChI=1S/C16H15N3O2S/c1-10-17-14-7-6-12(9-15(14)22-10)19-16(20)18-11-4-3-5-13(8-11)21-2/h3-9H,1-2H3,(H2,18,19,20). The largest absolute Gasteiger partial charge is 0.497 e. The lowest BCUT2D eigenvalue weighted by atomic mass is 10.3. The maximum Gasteiger partial charge on any atom is 0.323 e. The van der Waals surface area contributed by atoms with Gasteiger partial charge in [-0.2, -0.15) is 0 Å². The van der Waals surface area contributed by atoms with E-state index in [-0.39, 0.29) is 6.03 Å². The van der Waals surface area contributed by atoms with Crippen molar-refractivity contribution < 1.29 is 9.53 Å². The molecule has 0 spiro atoms. The van der Waals surface area contributed by atoms with Crippen LogP contribution in [0.2, 0.25) is 0 Å². The number of hydrogen-bond acceptors (Lipinski definition) is 4. The third-order valence-corrected chi connectivity index (χ3v) is 4.01. The molecule has 0 aliphatic carbocycles. The van der Waals surface area contributed by atoms with Crippen LogP contribution in [0.15, 0.2) is 42.5 Å². The van der Waals surface area contributed by atoms with Gasteiger partial charge in [0, 0.05) is 17.4 Å². The fraction of sp³-hybridized carbons (Fsp3) is 0.125. The van der Waals surface area contributed by atoms with E-state index in [9.17, 15) is 4.79 Å². The summed E-state index contributed by atoms with van der Waals surface area (Å²) in [6, 6.07) is 12.6. The number of nitrogens with one attached hydrogen (secondary N) is 2. The van der Waals surface area contributed by atoms with Crippen LogP contribution in [0.4, 0.5) is 16.2 Å². The van der Waals surface area contributed by atoms with E-state index in [1.165, 1.54) is 0 Å². The number of benzene rings is 2. The number of anilines is 2. The molecular weight excluding hydrogens is 298 g/mol. The fourth-order valence-corrected chi connectivity index (χ4v) is 2.98. The summed E-state index contributed by atoms with van der Waals surface area (Å²) in [5, 5.41) is 6.60. The molecule has 1 heterocycles. The fourth-order valence-electron chi connectivity index (χ4n) is 2.11. The Balaban J connectivity index is 1.71. The minimum Gasteiger partial charge on any atom is -0.497 e. The molecule has 2 aromatic carbocycles. The summed E-state index contributed by atoms with van der Waals surface area (Å²) in [5.74, 6) is 0.694.